The van der Waals surface area contributed by atoms with E-state index in [-0.39, 0.29) is 5.91 Å². The Morgan fingerprint density at radius 3 is 2.75 bits per heavy atom. The Balaban J connectivity index is 2.08. The fraction of sp³-hybridized carbons (Fsp3) is 0.250. The monoisotopic (exact) mass is 417 g/mol. The first-order valence-electron chi connectivity index (χ1n) is 8.82. The standard InChI is InChI=1S/C20H20ClN3O3S/c1-3-27-11-10-24-17-9-8-14(22-13(2)25)12-18(17)28-20(24)23-19(26)15-6-4-5-7-16(15)21/h4-9,12H,3,10-11H2,1-2H3,(H,22,25). The van der Waals surface area contributed by atoms with Gasteiger partial charge in [-0.15, -0.1) is 0 Å². The lowest BCUT2D eigenvalue weighted by atomic mass is 10.2. The third-order valence-electron chi connectivity index (χ3n) is 3.97. The predicted molar refractivity (Wildman–Crippen MR) is 112 cm³/mol. The first-order valence-corrected chi connectivity index (χ1v) is 10.0. The maximum atomic E-state index is 12.7. The Labute approximate surface area is 171 Å². The van der Waals surface area contributed by atoms with Crippen molar-refractivity contribution >= 4 is 50.7 Å². The van der Waals surface area contributed by atoms with E-state index < -0.39 is 5.91 Å². The van der Waals surface area contributed by atoms with E-state index in [4.69, 9.17) is 16.3 Å². The molecule has 0 aliphatic rings. The number of amides is 2. The first-order chi connectivity index (χ1) is 13.5. The van der Waals surface area contributed by atoms with E-state index in [0.29, 0.717) is 40.8 Å². The maximum Gasteiger partial charge on any atom is 0.281 e. The number of anilines is 1. The second kappa shape index (κ2) is 9.14. The van der Waals surface area contributed by atoms with Crippen LogP contribution in [0.1, 0.15) is 24.2 Å². The van der Waals surface area contributed by atoms with Crippen molar-refractivity contribution in [3.05, 3.63) is 57.9 Å². The summed E-state index contributed by atoms with van der Waals surface area (Å²) < 4.78 is 8.33. The molecule has 0 saturated heterocycles. The zero-order valence-electron chi connectivity index (χ0n) is 15.6. The molecule has 28 heavy (non-hydrogen) atoms. The van der Waals surface area contributed by atoms with Crippen molar-refractivity contribution in [1.29, 1.82) is 0 Å². The molecule has 0 aliphatic carbocycles. The smallest absolute Gasteiger partial charge is 0.281 e. The topological polar surface area (TPSA) is 72.7 Å². The maximum absolute atomic E-state index is 12.7. The molecule has 1 N–H and O–H groups in total. The van der Waals surface area contributed by atoms with Crippen molar-refractivity contribution in [2.45, 2.75) is 20.4 Å². The molecule has 8 heteroatoms. The molecule has 2 aromatic carbocycles. The summed E-state index contributed by atoms with van der Waals surface area (Å²) in [6.07, 6.45) is 0. The number of aromatic nitrogens is 1. The number of carbonyl (C=O) groups excluding carboxylic acids is 2. The molecule has 0 saturated carbocycles. The van der Waals surface area contributed by atoms with Crippen LogP contribution >= 0.6 is 22.9 Å². The molecule has 0 unspecified atom stereocenters. The van der Waals surface area contributed by atoms with Gasteiger partial charge in [0.1, 0.15) is 0 Å². The Morgan fingerprint density at radius 1 is 1.25 bits per heavy atom. The van der Waals surface area contributed by atoms with E-state index in [0.717, 1.165) is 10.2 Å². The highest BCUT2D eigenvalue weighted by Gasteiger charge is 2.12. The van der Waals surface area contributed by atoms with Crippen LogP contribution in [0.25, 0.3) is 10.2 Å². The summed E-state index contributed by atoms with van der Waals surface area (Å²) in [6.45, 7) is 5.07. The number of nitrogens with zero attached hydrogens (tertiary/aromatic N) is 2. The molecule has 0 aliphatic heterocycles. The van der Waals surface area contributed by atoms with Crippen molar-refractivity contribution in [2.24, 2.45) is 4.99 Å². The molecule has 0 spiro atoms. The van der Waals surface area contributed by atoms with Crippen LogP contribution in [-0.4, -0.2) is 29.6 Å². The minimum Gasteiger partial charge on any atom is -0.380 e. The Bertz CT molecular complexity index is 1090. The van der Waals surface area contributed by atoms with Gasteiger partial charge in [-0.25, -0.2) is 0 Å². The highest BCUT2D eigenvalue weighted by molar-refractivity contribution is 7.16. The number of fused-ring (bicyclic) bond motifs is 1. The third kappa shape index (κ3) is 4.67. The van der Waals surface area contributed by atoms with Gasteiger partial charge in [-0.1, -0.05) is 35.1 Å². The highest BCUT2D eigenvalue weighted by atomic mass is 35.5. The zero-order valence-corrected chi connectivity index (χ0v) is 17.1. The van der Waals surface area contributed by atoms with Crippen LogP contribution < -0.4 is 10.1 Å². The normalized spacial score (nSPS) is 11.8. The Hall–Kier alpha value is -2.48. The van der Waals surface area contributed by atoms with Gasteiger partial charge in [-0.3, -0.25) is 9.59 Å². The van der Waals surface area contributed by atoms with Gasteiger partial charge < -0.3 is 14.6 Å². The van der Waals surface area contributed by atoms with Crippen LogP contribution in [0.2, 0.25) is 5.02 Å². The SMILES string of the molecule is CCOCCn1c(=NC(=O)c2ccccc2Cl)sc2cc(NC(C)=O)ccc21. The van der Waals surface area contributed by atoms with Crippen molar-refractivity contribution in [3.8, 4) is 0 Å². The number of ether oxygens (including phenoxy) is 1. The molecular weight excluding hydrogens is 398 g/mol. The number of halogens is 1. The molecule has 146 valence electrons. The van der Waals surface area contributed by atoms with E-state index in [1.165, 1.54) is 18.3 Å². The number of rotatable bonds is 6. The van der Waals surface area contributed by atoms with Crippen LogP contribution in [0, 0.1) is 0 Å². The van der Waals surface area contributed by atoms with E-state index in [2.05, 4.69) is 10.3 Å². The first kappa shape index (κ1) is 20.3. The molecule has 2 amide bonds. The van der Waals surface area contributed by atoms with Gasteiger partial charge in [0.15, 0.2) is 4.80 Å². The van der Waals surface area contributed by atoms with Crippen LogP contribution in [0.3, 0.4) is 0 Å². The van der Waals surface area contributed by atoms with Gasteiger partial charge in [0, 0.05) is 25.8 Å². The van der Waals surface area contributed by atoms with Gasteiger partial charge in [-0.2, -0.15) is 4.99 Å². The zero-order chi connectivity index (χ0) is 20.1. The molecule has 0 radical (unpaired) electrons. The second-order valence-corrected chi connectivity index (χ2v) is 7.41. The van der Waals surface area contributed by atoms with Gasteiger partial charge in [0.25, 0.3) is 5.91 Å². The van der Waals surface area contributed by atoms with Crippen molar-refractivity contribution in [3.63, 3.8) is 0 Å². The summed E-state index contributed by atoms with van der Waals surface area (Å²) in [5, 5.41) is 3.14. The summed E-state index contributed by atoms with van der Waals surface area (Å²) in [5.74, 6) is -0.539. The van der Waals surface area contributed by atoms with Crippen molar-refractivity contribution in [2.75, 3.05) is 18.5 Å². The van der Waals surface area contributed by atoms with E-state index in [9.17, 15) is 9.59 Å². The van der Waals surface area contributed by atoms with Crippen molar-refractivity contribution < 1.29 is 14.3 Å². The summed E-state index contributed by atoms with van der Waals surface area (Å²) >= 11 is 7.51. The lowest BCUT2D eigenvalue weighted by Gasteiger charge is -2.06. The summed E-state index contributed by atoms with van der Waals surface area (Å²) in [5.41, 5.74) is 1.98. The van der Waals surface area contributed by atoms with Gasteiger partial charge >= 0.3 is 0 Å². The minimum atomic E-state index is -0.399. The molecule has 3 aromatic rings. The van der Waals surface area contributed by atoms with Crippen LogP contribution in [0.4, 0.5) is 5.69 Å². The van der Waals surface area contributed by atoms with Gasteiger partial charge in [-0.05, 0) is 37.3 Å². The van der Waals surface area contributed by atoms with E-state index >= 15 is 0 Å². The lowest BCUT2D eigenvalue weighted by molar-refractivity contribution is -0.114. The number of benzene rings is 2. The van der Waals surface area contributed by atoms with Crippen molar-refractivity contribution in [1.82, 2.24) is 4.57 Å². The molecule has 3 rings (SSSR count). The summed E-state index contributed by atoms with van der Waals surface area (Å²) in [7, 11) is 0. The highest BCUT2D eigenvalue weighted by Crippen LogP contribution is 2.22. The molecule has 0 atom stereocenters. The summed E-state index contributed by atoms with van der Waals surface area (Å²) in [4.78, 5) is 28.9. The number of hydrogen-bond acceptors (Lipinski definition) is 4. The number of carbonyl (C=O) groups is 2. The van der Waals surface area contributed by atoms with Crippen LogP contribution in [0.5, 0.6) is 0 Å². The molecular formula is C20H20ClN3O3S. The quantitative estimate of drug-likeness (QED) is 0.614. The van der Waals surface area contributed by atoms with E-state index in [1.807, 2.05) is 29.7 Å². The predicted octanol–water partition coefficient (Wildman–Crippen LogP) is 4.09. The molecule has 0 fully saturated rings. The summed E-state index contributed by atoms with van der Waals surface area (Å²) in [6, 6.07) is 12.4. The Morgan fingerprint density at radius 2 is 2.04 bits per heavy atom. The van der Waals surface area contributed by atoms with Crippen LogP contribution in [-0.2, 0) is 16.1 Å². The second-order valence-electron chi connectivity index (χ2n) is 5.99. The number of thiazole rings is 1. The van der Waals surface area contributed by atoms with E-state index in [1.54, 1.807) is 24.3 Å². The molecule has 0 bridgehead atoms. The number of nitrogens with one attached hydrogen (secondary N) is 1. The molecule has 6 nitrogen and oxygen atoms in total. The average molecular weight is 418 g/mol. The lowest BCUT2D eigenvalue weighted by Crippen LogP contribution is -2.19. The van der Waals surface area contributed by atoms with Crippen LogP contribution in [0.15, 0.2) is 47.5 Å². The molecule has 1 aromatic heterocycles. The Kier molecular flexibility index (Phi) is 6.61. The third-order valence-corrected chi connectivity index (χ3v) is 5.34. The number of hydrogen-bond donors (Lipinski definition) is 1. The fourth-order valence-corrected chi connectivity index (χ4v) is 4.05. The fourth-order valence-electron chi connectivity index (χ4n) is 2.74. The minimum absolute atomic E-state index is 0.140. The largest absolute Gasteiger partial charge is 0.380 e. The van der Waals surface area contributed by atoms with Gasteiger partial charge in [0.05, 0.1) is 27.4 Å². The van der Waals surface area contributed by atoms with Gasteiger partial charge in [0.2, 0.25) is 5.91 Å². The average Bonchev–Trinajstić information content (AvgIpc) is 2.98. The molecule has 1 heterocycles.